The van der Waals surface area contributed by atoms with E-state index in [2.05, 4.69) is 18.6 Å². The van der Waals surface area contributed by atoms with Gasteiger partial charge < -0.3 is 9.64 Å². The van der Waals surface area contributed by atoms with Crippen LogP contribution >= 0.6 is 11.3 Å². The van der Waals surface area contributed by atoms with Crippen molar-refractivity contribution in [1.29, 1.82) is 0 Å². The predicted molar refractivity (Wildman–Crippen MR) is 117 cm³/mol. The largest absolute Gasteiger partial charge is 0.490 e. The Morgan fingerprint density at radius 2 is 1.97 bits per heavy atom. The van der Waals surface area contributed by atoms with Crippen molar-refractivity contribution in [2.45, 2.75) is 45.2 Å². The molecule has 0 saturated heterocycles. The highest BCUT2D eigenvalue weighted by molar-refractivity contribution is 7.94. The number of thiophene rings is 1. The van der Waals surface area contributed by atoms with Gasteiger partial charge in [0.25, 0.3) is 10.0 Å². The van der Waals surface area contributed by atoms with Crippen LogP contribution in [-0.4, -0.2) is 27.5 Å². The summed E-state index contributed by atoms with van der Waals surface area (Å²) in [5, 5.41) is 0. The number of anilines is 2. The van der Waals surface area contributed by atoms with E-state index < -0.39 is 15.4 Å². The number of carbonyl (C=O) groups excluding carboxylic acids is 1. The van der Waals surface area contributed by atoms with E-state index in [1.54, 1.807) is 29.2 Å². The van der Waals surface area contributed by atoms with Crippen LogP contribution in [0, 0.1) is 11.3 Å². The molecule has 1 aromatic carbocycles. The van der Waals surface area contributed by atoms with Crippen LogP contribution in [0.2, 0.25) is 0 Å². The first-order valence-corrected chi connectivity index (χ1v) is 12.0. The Labute approximate surface area is 176 Å². The molecule has 1 N–H and O–H groups in total. The second-order valence-corrected chi connectivity index (χ2v) is 11.4. The lowest BCUT2D eigenvalue weighted by atomic mass is 9.92. The average Bonchev–Trinajstić information content (AvgIpc) is 3.11. The molecule has 2 aromatic rings. The average molecular weight is 437 g/mol. The second-order valence-electron chi connectivity index (χ2n) is 8.34. The fourth-order valence-electron chi connectivity index (χ4n) is 3.16. The van der Waals surface area contributed by atoms with E-state index in [-0.39, 0.29) is 22.6 Å². The van der Waals surface area contributed by atoms with Gasteiger partial charge in [-0.25, -0.2) is 8.42 Å². The zero-order chi connectivity index (χ0) is 21.4. The normalized spacial score (nSPS) is 16.3. The number of aryl methyl sites for hydroxylation is 1. The summed E-state index contributed by atoms with van der Waals surface area (Å²) in [6.45, 7) is 10.6. The molecule has 0 radical (unpaired) electrons. The molecule has 0 saturated carbocycles. The summed E-state index contributed by atoms with van der Waals surface area (Å²) in [4.78, 5) is 15.8. The van der Waals surface area contributed by atoms with E-state index in [4.69, 9.17) is 4.74 Å². The van der Waals surface area contributed by atoms with Crippen molar-refractivity contribution in [3.8, 4) is 5.75 Å². The van der Waals surface area contributed by atoms with Crippen molar-refractivity contribution in [3.05, 3.63) is 35.2 Å². The first kappa shape index (κ1) is 21.6. The van der Waals surface area contributed by atoms with Crippen molar-refractivity contribution in [3.63, 3.8) is 0 Å². The standard InChI is InChI=1S/C21H28N2O4S2/c1-6-16-8-10-19(28-16)29(25,26)22-15-7-9-17-18(11-15)27-13-21(4,5)20(24)23(17)12-14(2)3/h7-11,14,22H,6,12-13H2,1-5H3. The summed E-state index contributed by atoms with van der Waals surface area (Å²) in [5.41, 5.74) is 0.412. The molecule has 0 fully saturated rings. The molecule has 29 heavy (non-hydrogen) atoms. The van der Waals surface area contributed by atoms with Crippen LogP contribution in [-0.2, 0) is 21.2 Å². The van der Waals surface area contributed by atoms with Gasteiger partial charge in [-0.05, 0) is 50.5 Å². The summed E-state index contributed by atoms with van der Waals surface area (Å²) in [7, 11) is -3.67. The Bertz CT molecular complexity index is 1010. The lowest BCUT2D eigenvalue weighted by molar-refractivity contribution is -0.127. The molecule has 0 bridgehead atoms. The maximum absolute atomic E-state index is 13.0. The number of fused-ring (bicyclic) bond motifs is 1. The van der Waals surface area contributed by atoms with E-state index >= 15 is 0 Å². The first-order chi connectivity index (χ1) is 13.5. The Balaban J connectivity index is 1.94. The van der Waals surface area contributed by atoms with Crippen LogP contribution in [0.1, 0.15) is 39.5 Å². The third-order valence-corrected chi connectivity index (χ3v) is 7.82. The van der Waals surface area contributed by atoms with Gasteiger partial charge in [0, 0.05) is 17.5 Å². The van der Waals surface area contributed by atoms with E-state index in [0.29, 0.717) is 23.7 Å². The van der Waals surface area contributed by atoms with Crippen molar-refractivity contribution in [1.82, 2.24) is 0 Å². The minimum absolute atomic E-state index is 0.00367. The molecule has 8 heteroatoms. The Morgan fingerprint density at radius 1 is 1.24 bits per heavy atom. The minimum Gasteiger partial charge on any atom is -0.490 e. The Morgan fingerprint density at radius 3 is 2.59 bits per heavy atom. The fourth-order valence-corrected chi connectivity index (χ4v) is 5.50. The number of nitrogens with zero attached hydrogens (tertiary/aromatic N) is 1. The van der Waals surface area contributed by atoms with Gasteiger partial charge in [0.15, 0.2) is 0 Å². The maximum atomic E-state index is 13.0. The number of carbonyl (C=O) groups is 1. The molecule has 158 valence electrons. The molecule has 0 atom stereocenters. The summed E-state index contributed by atoms with van der Waals surface area (Å²) < 4.78 is 34.3. The lowest BCUT2D eigenvalue weighted by Gasteiger charge is -2.29. The molecular weight excluding hydrogens is 408 g/mol. The molecule has 3 rings (SSSR count). The van der Waals surface area contributed by atoms with Gasteiger partial charge in [-0.2, -0.15) is 0 Å². The summed E-state index contributed by atoms with van der Waals surface area (Å²) in [5.74, 6) is 0.791. The van der Waals surface area contributed by atoms with Gasteiger partial charge in [0.05, 0.1) is 16.8 Å². The highest BCUT2D eigenvalue weighted by Gasteiger charge is 2.38. The summed E-state index contributed by atoms with van der Waals surface area (Å²) in [6.07, 6.45) is 0.794. The van der Waals surface area contributed by atoms with E-state index in [9.17, 15) is 13.2 Å². The molecule has 1 amide bonds. The molecule has 0 aliphatic carbocycles. The number of benzene rings is 1. The number of rotatable bonds is 6. The maximum Gasteiger partial charge on any atom is 0.271 e. The van der Waals surface area contributed by atoms with Crippen LogP contribution < -0.4 is 14.4 Å². The van der Waals surface area contributed by atoms with Crippen molar-refractivity contribution in [2.75, 3.05) is 22.8 Å². The third-order valence-electron chi connectivity index (χ3n) is 4.71. The first-order valence-electron chi connectivity index (χ1n) is 9.74. The monoisotopic (exact) mass is 436 g/mol. The SMILES string of the molecule is CCc1ccc(S(=O)(=O)Nc2ccc3c(c2)OCC(C)(C)C(=O)N3CC(C)C)s1. The topological polar surface area (TPSA) is 75.7 Å². The zero-order valence-corrected chi connectivity index (χ0v) is 19.1. The fraction of sp³-hybridized carbons (Fsp3) is 0.476. The van der Waals surface area contributed by atoms with Crippen LogP contribution in [0.25, 0.3) is 0 Å². The smallest absolute Gasteiger partial charge is 0.271 e. The van der Waals surface area contributed by atoms with Crippen molar-refractivity contribution < 1.29 is 17.9 Å². The molecule has 0 unspecified atom stereocenters. The molecule has 1 aliphatic rings. The summed E-state index contributed by atoms with van der Waals surface area (Å²) >= 11 is 1.26. The number of nitrogens with one attached hydrogen (secondary N) is 1. The Kier molecular flexibility index (Phi) is 5.96. The number of amides is 1. The van der Waals surface area contributed by atoms with Gasteiger partial charge in [0.1, 0.15) is 16.6 Å². The van der Waals surface area contributed by atoms with Gasteiger partial charge in [-0.1, -0.05) is 20.8 Å². The van der Waals surface area contributed by atoms with Crippen LogP contribution in [0.3, 0.4) is 0 Å². The minimum atomic E-state index is -3.67. The molecule has 0 spiro atoms. The van der Waals surface area contributed by atoms with Gasteiger partial charge in [0.2, 0.25) is 5.91 Å². The van der Waals surface area contributed by atoms with Crippen LogP contribution in [0.15, 0.2) is 34.5 Å². The Hall–Kier alpha value is -2.06. The van der Waals surface area contributed by atoms with Crippen molar-refractivity contribution in [2.24, 2.45) is 11.3 Å². The highest BCUT2D eigenvalue weighted by Crippen LogP contribution is 2.39. The molecule has 1 aromatic heterocycles. The number of sulfonamides is 1. The van der Waals surface area contributed by atoms with Gasteiger partial charge in [-0.15, -0.1) is 11.3 Å². The van der Waals surface area contributed by atoms with Gasteiger partial charge in [-0.3, -0.25) is 9.52 Å². The molecular formula is C21H28N2O4S2. The number of hydrogen-bond donors (Lipinski definition) is 1. The lowest BCUT2D eigenvalue weighted by Crippen LogP contribution is -2.43. The van der Waals surface area contributed by atoms with E-state index in [1.807, 2.05) is 26.8 Å². The van der Waals surface area contributed by atoms with E-state index in [1.165, 1.54) is 11.3 Å². The molecule has 6 nitrogen and oxygen atoms in total. The summed E-state index contributed by atoms with van der Waals surface area (Å²) in [6, 6.07) is 8.53. The molecule has 1 aliphatic heterocycles. The highest BCUT2D eigenvalue weighted by atomic mass is 32.2. The number of hydrogen-bond acceptors (Lipinski definition) is 5. The van der Waals surface area contributed by atoms with Crippen molar-refractivity contribution >= 4 is 38.6 Å². The van der Waals surface area contributed by atoms with E-state index in [0.717, 1.165) is 11.3 Å². The van der Waals surface area contributed by atoms with Crippen LogP contribution in [0.4, 0.5) is 11.4 Å². The van der Waals surface area contributed by atoms with Crippen LogP contribution in [0.5, 0.6) is 5.75 Å². The zero-order valence-electron chi connectivity index (χ0n) is 17.5. The quantitative estimate of drug-likeness (QED) is 0.722. The van der Waals surface area contributed by atoms with Gasteiger partial charge >= 0.3 is 0 Å². The number of ether oxygens (including phenoxy) is 1. The predicted octanol–water partition coefficient (Wildman–Crippen LogP) is 4.52. The molecule has 2 heterocycles. The second kappa shape index (κ2) is 7.99. The third kappa shape index (κ3) is 4.59.